The quantitative estimate of drug-likeness (QED) is 0.0269. The van der Waals surface area contributed by atoms with Crippen molar-refractivity contribution in [2.75, 3.05) is 119 Å². The molecule has 12 heterocycles. The smallest absolute Gasteiger partial charge is 0.294 e. The first-order valence-electron chi connectivity index (χ1n) is 42.3. The Morgan fingerprint density at radius 1 is 0.664 bits per heavy atom. The standard InChI is InChI=1S/C32H38N6O3S.C32H39N5O6S.C27H33N7O4S/c1-20(2)42(40)29-13-15-41-28(29)19-38-30-23(16-27(31(38)39)21(3)22-7-8-22)17-34-32(36-30)35-24-9-11-25(12-10-24)37(4)26-6-5-14-33-18-26;1-21(2)22(3)28-17-24-18-33-32(34-25-8-10-26(11-9-25)43-27-7-6-13-36(4)20-27)35-29(24)37(30(28)38)19-23-12-14-42-31(23)44(39,40)16-15-41-5;1-4-38-24-16-19-17-28-27(30-21-9-7-20(8-10-21)29-22-11-14-32(2)15-12-22)31-25(19)33(26(24)35)18-23-6-5-13-34(23)39(3,36)37/h9-13,15-17,20,22,26,33H,3,5-8,14,18-19H2,1-2,4H3,(H,34,35,36);8-12,14,17-18,21,27H,3,6-7,13,15-16,19-20H2,1-2,4-5H3,(H,33,34,35);5-10,13,16-17,22,29H,4,11-12,14-15,18H2,1-3H3,(H,28,30,31). The van der Waals surface area contributed by atoms with Gasteiger partial charge in [-0.3, -0.25) is 32.3 Å². The van der Waals surface area contributed by atoms with E-state index in [1.165, 1.54) is 47.8 Å². The van der Waals surface area contributed by atoms with Crippen LogP contribution >= 0.6 is 0 Å². The Labute approximate surface area is 729 Å². The number of nitrogens with one attached hydrogen (secondary N) is 5. The highest BCUT2D eigenvalue weighted by atomic mass is 32.2. The van der Waals surface area contributed by atoms with Crippen molar-refractivity contribution in [2.24, 2.45) is 11.8 Å². The molecule has 34 heteroatoms. The molecular formula is C91H110N18O13S3. The highest BCUT2D eigenvalue weighted by molar-refractivity contribution is 7.91. The molecule has 0 radical (unpaired) electrons. The third-order valence-corrected chi connectivity index (χ3v) is 27.1. The summed E-state index contributed by atoms with van der Waals surface area (Å²) >= 11 is 0. The number of methoxy groups -OCH3 is 1. The highest BCUT2D eigenvalue weighted by Gasteiger charge is 2.31. The predicted octanol–water partition coefficient (Wildman–Crippen LogP) is 13.1. The maximum Gasteiger partial charge on any atom is 0.294 e. The summed E-state index contributed by atoms with van der Waals surface area (Å²) in [6.45, 7) is 24.5. The van der Waals surface area contributed by atoms with E-state index in [0.29, 0.717) is 103 Å². The van der Waals surface area contributed by atoms with E-state index in [1.807, 2.05) is 94.4 Å². The van der Waals surface area contributed by atoms with Crippen LogP contribution in [0.1, 0.15) is 114 Å². The zero-order valence-corrected chi connectivity index (χ0v) is 74.7. The minimum atomic E-state index is -3.78. The van der Waals surface area contributed by atoms with Gasteiger partial charge >= 0.3 is 0 Å². The minimum Gasteiger partial charge on any atom is -0.489 e. The average Bonchev–Trinajstić information content (AvgIpc) is 1.73. The van der Waals surface area contributed by atoms with Gasteiger partial charge in [0.05, 0.1) is 78.8 Å². The molecule has 12 aromatic rings. The van der Waals surface area contributed by atoms with Crippen LogP contribution in [-0.2, 0) is 55.0 Å². The van der Waals surface area contributed by atoms with Crippen molar-refractivity contribution in [3.63, 3.8) is 0 Å². The Kier molecular flexibility index (Phi) is 28.4. The summed E-state index contributed by atoms with van der Waals surface area (Å²) in [7, 11) is -0.762. The fourth-order valence-corrected chi connectivity index (χ4v) is 18.7. The van der Waals surface area contributed by atoms with Crippen LogP contribution in [0, 0.1) is 11.8 Å². The van der Waals surface area contributed by atoms with Crippen molar-refractivity contribution in [2.45, 2.75) is 139 Å². The topological polar surface area (TPSA) is 357 Å². The van der Waals surface area contributed by atoms with Crippen LogP contribution in [0.15, 0.2) is 199 Å². The number of rotatable bonds is 31. The van der Waals surface area contributed by atoms with E-state index in [4.69, 9.17) is 33.0 Å². The zero-order valence-electron chi connectivity index (χ0n) is 72.3. The number of fused-ring (bicyclic) bond motifs is 3. The van der Waals surface area contributed by atoms with Crippen molar-refractivity contribution in [3.8, 4) is 11.5 Å². The van der Waals surface area contributed by atoms with Gasteiger partial charge in [-0.1, -0.05) is 40.9 Å². The summed E-state index contributed by atoms with van der Waals surface area (Å²) in [5.74, 6) is 2.50. The minimum absolute atomic E-state index is 0.00983. The van der Waals surface area contributed by atoms with Crippen LogP contribution < -0.4 is 57.6 Å². The molecule has 16 rings (SSSR count). The van der Waals surface area contributed by atoms with Gasteiger partial charge in [0.15, 0.2) is 5.75 Å². The van der Waals surface area contributed by atoms with E-state index >= 15 is 0 Å². The molecule has 5 N–H and O–H groups in total. The van der Waals surface area contributed by atoms with Crippen LogP contribution in [0.2, 0.25) is 0 Å². The van der Waals surface area contributed by atoms with Crippen LogP contribution in [-0.4, -0.2) is 195 Å². The molecule has 9 aromatic heterocycles. The van der Waals surface area contributed by atoms with E-state index in [0.717, 1.165) is 133 Å². The fourth-order valence-electron chi connectivity index (χ4n) is 15.6. The van der Waals surface area contributed by atoms with Crippen LogP contribution in [0.4, 0.5) is 46.3 Å². The molecule has 4 fully saturated rings. The molecule has 3 aromatic carbocycles. The van der Waals surface area contributed by atoms with Crippen LogP contribution in [0.5, 0.6) is 11.5 Å². The average molecular weight is 1760 g/mol. The maximum atomic E-state index is 13.9. The fraction of sp³-hybridized carbons (Fsp3) is 0.396. The second-order valence-electron chi connectivity index (χ2n) is 32.8. The summed E-state index contributed by atoms with van der Waals surface area (Å²) in [5.41, 5.74) is 8.12. The van der Waals surface area contributed by atoms with Crippen molar-refractivity contribution < 1.29 is 44.1 Å². The number of hydrogen-bond acceptors (Lipinski definition) is 27. The number of piperidine rings is 3. The largest absolute Gasteiger partial charge is 0.489 e. The molecule has 0 bridgehead atoms. The molecule has 3 saturated heterocycles. The van der Waals surface area contributed by atoms with Crippen LogP contribution in [0.25, 0.3) is 44.2 Å². The van der Waals surface area contributed by atoms with Gasteiger partial charge in [-0.05, 0) is 237 Å². The number of ether oxygens (including phenoxy) is 3. The van der Waals surface area contributed by atoms with E-state index in [2.05, 4.69) is 108 Å². The van der Waals surface area contributed by atoms with Gasteiger partial charge in [-0.25, -0.2) is 35.8 Å². The first-order chi connectivity index (χ1) is 60.1. The van der Waals surface area contributed by atoms with Crippen molar-refractivity contribution in [1.29, 1.82) is 0 Å². The van der Waals surface area contributed by atoms with Gasteiger partial charge in [0, 0.05) is 131 Å². The highest BCUT2D eigenvalue weighted by Crippen LogP contribution is 2.41. The summed E-state index contributed by atoms with van der Waals surface area (Å²) in [6.07, 6.45) is 19.4. The Morgan fingerprint density at radius 2 is 1.24 bits per heavy atom. The first-order valence-corrected chi connectivity index (χ1v) is 47.0. The molecule has 4 aliphatic rings. The lowest BCUT2D eigenvalue weighted by Gasteiger charge is -2.33. The number of nitrogens with zero attached hydrogens (tertiary/aromatic N) is 13. The number of allylic oxidation sites excluding steroid dienone is 2. The molecule has 0 spiro atoms. The predicted molar refractivity (Wildman–Crippen MR) is 492 cm³/mol. The third-order valence-electron chi connectivity index (χ3n) is 22.8. The lowest BCUT2D eigenvalue weighted by Crippen LogP contribution is -2.44. The summed E-state index contributed by atoms with van der Waals surface area (Å²) < 4.78 is 96.8. The number of pyridine rings is 3. The molecule has 3 aliphatic heterocycles. The molecule has 125 heavy (non-hydrogen) atoms. The maximum absolute atomic E-state index is 13.9. The Hall–Kier alpha value is -11.7. The van der Waals surface area contributed by atoms with E-state index in [9.17, 15) is 35.4 Å². The molecule has 3 atom stereocenters. The number of likely N-dealkylation sites (N-methyl/N-ethyl adjacent to an activating group) is 2. The van der Waals surface area contributed by atoms with Crippen molar-refractivity contribution >= 4 is 121 Å². The number of anilines is 8. The van der Waals surface area contributed by atoms with E-state index < -0.39 is 36.2 Å². The Bertz CT molecular complexity index is 6310. The van der Waals surface area contributed by atoms with E-state index in [1.54, 1.807) is 66.5 Å². The number of likely N-dealkylation sites (tertiary alicyclic amines) is 2. The molecule has 31 nitrogen and oxygen atoms in total. The second kappa shape index (κ2) is 39.7. The third kappa shape index (κ3) is 21.8. The summed E-state index contributed by atoms with van der Waals surface area (Å²) in [6, 6.07) is 36.5. The number of aromatic nitrogens is 10. The van der Waals surface area contributed by atoms with Gasteiger partial charge in [-0.15, -0.1) is 0 Å². The molecule has 1 saturated carbocycles. The zero-order chi connectivity index (χ0) is 88.4. The summed E-state index contributed by atoms with van der Waals surface area (Å²) in [4.78, 5) is 76.3. The number of benzene rings is 3. The van der Waals surface area contributed by atoms with Gasteiger partial charge < -0.3 is 64.3 Å². The van der Waals surface area contributed by atoms with Gasteiger partial charge in [0.25, 0.3) is 16.7 Å². The van der Waals surface area contributed by atoms with E-state index in [-0.39, 0.29) is 77.2 Å². The lowest BCUT2D eigenvalue weighted by atomic mass is 9.97. The Morgan fingerprint density at radius 3 is 1.82 bits per heavy atom. The molecule has 3 unspecified atom stereocenters. The van der Waals surface area contributed by atoms with Crippen LogP contribution in [0.3, 0.4) is 0 Å². The molecule has 0 amide bonds. The normalized spacial score (nSPS) is 16.3. The van der Waals surface area contributed by atoms with Crippen molar-refractivity contribution in [1.82, 2.24) is 62.7 Å². The summed E-state index contributed by atoms with van der Waals surface area (Å²) in [5, 5.41) is 18.5. The second-order valence-corrected chi connectivity index (χ2v) is 38.6. The van der Waals surface area contributed by atoms with Crippen molar-refractivity contribution in [3.05, 3.63) is 225 Å². The molecule has 1 aliphatic carbocycles. The SMILES string of the molecule is C=C(c1cc2cnc(Nc3ccc(N(C)C4CCCNC4)cc3)nc2n(Cc2occc2S(=O)C(C)C)c1=O)C1CC1.C=C(c1cc2cnc(Nc3ccc(OC4CCCN(C)C4)cc3)nc2n(Cc2ccoc2S(=O)(=O)CCOC)c1=O)C(C)C.CCOc1cc2cnc(Nc3ccc(NC4CCN(C)CC4)cc3)nc2n(Cc2cccn2S(C)(=O)=O)c1=O. The first kappa shape index (κ1) is 89.6. The number of sulfone groups is 1. The monoisotopic (exact) mass is 1760 g/mol. The number of hydrogen-bond donors (Lipinski definition) is 5. The number of furan rings is 2. The molecule has 660 valence electrons. The molecular weight excluding hydrogens is 1650 g/mol. The van der Waals surface area contributed by atoms with Gasteiger partial charge in [-0.2, -0.15) is 15.0 Å². The van der Waals surface area contributed by atoms with Gasteiger partial charge in [0.1, 0.15) is 34.6 Å². The lowest BCUT2D eigenvalue weighted by molar-refractivity contribution is 0.104. The van der Waals surface area contributed by atoms with Gasteiger partial charge in [0.2, 0.25) is 42.8 Å². The Balaban J connectivity index is 0.000000153.